The highest BCUT2D eigenvalue weighted by Crippen LogP contribution is 2.13. The van der Waals surface area contributed by atoms with Crippen LogP contribution in [0.3, 0.4) is 0 Å². The minimum atomic E-state index is 0.285. The lowest BCUT2D eigenvalue weighted by molar-refractivity contribution is -0.105. The van der Waals surface area contributed by atoms with Crippen LogP contribution >= 0.6 is 0 Å². The fraction of sp³-hybridized carbons (Fsp3) is 0.417. The molecule has 0 radical (unpaired) electrons. The Morgan fingerprint density at radius 2 is 2.29 bits per heavy atom. The van der Waals surface area contributed by atoms with Crippen LogP contribution in [0.15, 0.2) is 23.9 Å². The molecule has 1 rings (SSSR count). The first-order valence-corrected chi connectivity index (χ1v) is 5.01. The molecule has 1 aromatic heterocycles. The number of rotatable bonds is 4. The summed E-state index contributed by atoms with van der Waals surface area (Å²) < 4.78 is 2.12. The van der Waals surface area contributed by atoms with E-state index in [4.69, 9.17) is 0 Å². The van der Waals surface area contributed by atoms with Gasteiger partial charge in [0.1, 0.15) is 6.29 Å². The number of aryl methyl sites for hydroxylation is 1. The lowest BCUT2D eigenvalue weighted by Crippen LogP contribution is -1.99. The maximum absolute atomic E-state index is 10.8. The molecule has 0 saturated carbocycles. The molecular formula is C12H17NO. The molecule has 0 saturated heterocycles. The average Bonchev–Trinajstić information content (AvgIpc) is 2.60. The van der Waals surface area contributed by atoms with Crippen LogP contribution in [0.1, 0.15) is 26.5 Å². The van der Waals surface area contributed by atoms with E-state index in [1.807, 2.05) is 38.3 Å². The zero-order valence-corrected chi connectivity index (χ0v) is 9.03. The Balaban J connectivity index is 2.99. The van der Waals surface area contributed by atoms with Crippen LogP contribution in [0, 0.1) is 5.92 Å². The van der Waals surface area contributed by atoms with Gasteiger partial charge in [0.2, 0.25) is 0 Å². The number of aromatic nitrogens is 1. The van der Waals surface area contributed by atoms with Crippen molar-refractivity contribution >= 4 is 12.4 Å². The molecule has 0 aliphatic heterocycles. The molecule has 0 fully saturated rings. The van der Waals surface area contributed by atoms with Crippen LogP contribution < -0.4 is 0 Å². The van der Waals surface area contributed by atoms with Crippen molar-refractivity contribution in [2.24, 2.45) is 5.92 Å². The van der Waals surface area contributed by atoms with Crippen molar-refractivity contribution in [3.05, 3.63) is 29.6 Å². The normalized spacial score (nSPS) is 12.1. The number of carbonyl (C=O) groups is 1. The molecular weight excluding hydrogens is 174 g/mol. The van der Waals surface area contributed by atoms with Crippen molar-refractivity contribution in [2.75, 3.05) is 0 Å². The van der Waals surface area contributed by atoms with Gasteiger partial charge in [-0.1, -0.05) is 13.8 Å². The Hall–Kier alpha value is -1.31. The Bertz CT molecular complexity index is 334. The Labute approximate surface area is 85.2 Å². The van der Waals surface area contributed by atoms with Crippen LogP contribution in [0.25, 0.3) is 6.08 Å². The van der Waals surface area contributed by atoms with E-state index in [1.165, 1.54) is 0 Å². The largest absolute Gasteiger partial charge is 0.348 e. The van der Waals surface area contributed by atoms with Crippen LogP contribution in [0.4, 0.5) is 0 Å². The highest BCUT2D eigenvalue weighted by Gasteiger charge is 2.03. The first-order valence-electron chi connectivity index (χ1n) is 5.01. The van der Waals surface area contributed by atoms with E-state index in [1.54, 1.807) is 0 Å². The summed E-state index contributed by atoms with van der Waals surface area (Å²) in [5.41, 5.74) is 1.95. The molecule has 1 aromatic rings. The third kappa shape index (κ3) is 2.34. The van der Waals surface area contributed by atoms with E-state index in [0.29, 0.717) is 0 Å². The van der Waals surface area contributed by atoms with Crippen LogP contribution in [0.5, 0.6) is 0 Å². The van der Waals surface area contributed by atoms with E-state index in [2.05, 4.69) is 11.5 Å². The summed E-state index contributed by atoms with van der Waals surface area (Å²) in [7, 11) is 0. The highest BCUT2D eigenvalue weighted by atomic mass is 16.1. The Kier molecular flexibility index (Phi) is 3.69. The van der Waals surface area contributed by atoms with E-state index in [0.717, 1.165) is 24.1 Å². The molecule has 2 heteroatoms. The second-order valence-corrected chi connectivity index (χ2v) is 3.64. The monoisotopic (exact) mass is 191 g/mol. The second kappa shape index (κ2) is 4.80. The van der Waals surface area contributed by atoms with Gasteiger partial charge >= 0.3 is 0 Å². The molecule has 1 heterocycles. The van der Waals surface area contributed by atoms with Crippen molar-refractivity contribution < 1.29 is 4.79 Å². The van der Waals surface area contributed by atoms with Gasteiger partial charge in [-0.05, 0) is 36.6 Å². The summed E-state index contributed by atoms with van der Waals surface area (Å²) in [6.07, 6.45) is 4.92. The maximum Gasteiger partial charge on any atom is 0.146 e. The molecule has 0 unspecified atom stereocenters. The molecule has 2 nitrogen and oxygen atoms in total. The summed E-state index contributed by atoms with van der Waals surface area (Å²) in [4.78, 5) is 10.8. The van der Waals surface area contributed by atoms with Crippen molar-refractivity contribution in [1.82, 2.24) is 4.57 Å². The van der Waals surface area contributed by atoms with Gasteiger partial charge < -0.3 is 4.57 Å². The summed E-state index contributed by atoms with van der Waals surface area (Å²) >= 11 is 0. The molecule has 0 bridgehead atoms. The lowest BCUT2D eigenvalue weighted by Gasteiger charge is -2.05. The number of nitrogens with zero attached hydrogens (tertiary/aromatic N) is 1. The van der Waals surface area contributed by atoms with E-state index in [-0.39, 0.29) is 5.92 Å². The topological polar surface area (TPSA) is 22.0 Å². The quantitative estimate of drug-likeness (QED) is 0.530. The summed E-state index contributed by atoms with van der Waals surface area (Å²) in [5.74, 6) is 0.285. The van der Waals surface area contributed by atoms with Crippen LogP contribution in [-0.4, -0.2) is 10.9 Å². The first kappa shape index (κ1) is 10.8. The fourth-order valence-corrected chi connectivity index (χ4v) is 1.35. The Morgan fingerprint density at radius 1 is 1.57 bits per heavy atom. The van der Waals surface area contributed by atoms with Crippen LogP contribution in [-0.2, 0) is 11.3 Å². The lowest BCUT2D eigenvalue weighted by atomic mass is 10.0. The molecule has 0 aliphatic rings. The van der Waals surface area contributed by atoms with E-state index >= 15 is 0 Å². The number of hydrogen-bond donors (Lipinski definition) is 0. The molecule has 14 heavy (non-hydrogen) atoms. The van der Waals surface area contributed by atoms with Gasteiger partial charge in [-0.3, -0.25) is 4.79 Å². The minimum Gasteiger partial charge on any atom is -0.348 e. The molecule has 0 atom stereocenters. The highest BCUT2D eigenvalue weighted by molar-refractivity contribution is 5.81. The predicted octanol–water partition coefficient (Wildman–Crippen LogP) is 2.75. The SMILES string of the molecule is CCn1cccc1C=C(C=O)C(C)C. The Morgan fingerprint density at radius 3 is 2.79 bits per heavy atom. The van der Waals surface area contributed by atoms with Gasteiger partial charge in [-0.25, -0.2) is 0 Å². The molecule has 0 aliphatic carbocycles. The molecule has 0 spiro atoms. The number of hydrogen-bond acceptors (Lipinski definition) is 1. The van der Waals surface area contributed by atoms with E-state index < -0.39 is 0 Å². The van der Waals surface area contributed by atoms with Crippen molar-refractivity contribution in [2.45, 2.75) is 27.3 Å². The van der Waals surface area contributed by atoms with Gasteiger partial charge in [0.05, 0.1) is 0 Å². The van der Waals surface area contributed by atoms with Gasteiger partial charge in [0, 0.05) is 18.4 Å². The first-order chi connectivity index (χ1) is 6.69. The number of allylic oxidation sites excluding steroid dienone is 1. The third-order valence-electron chi connectivity index (χ3n) is 2.32. The number of carbonyl (C=O) groups excluding carboxylic acids is 1. The molecule has 0 N–H and O–H groups in total. The molecule has 0 amide bonds. The summed E-state index contributed by atoms with van der Waals surface area (Å²) in [6, 6.07) is 4.02. The van der Waals surface area contributed by atoms with Crippen molar-refractivity contribution in [1.29, 1.82) is 0 Å². The third-order valence-corrected chi connectivity index (χ3v) is 2.32. The van der Waals surface area contributed by atoms with Gasteiger partial charge in [-0.2, -0.15) is 0 Å². The predicted molar refractivity (Wildman–Crippen MR) is 59.0 cm³/mol. The van der Waals surface area contributed by atoms with Crippen LogP contribution in [0.2, 0.25) is 0 Å². The zero-order chi connectivity index (χ0) is 10.6. The van der Waals surface area contributed by atoms with Gasteiger partial charge in [0.25, 0.3) is 0 Å². The summed E-state index contributed by atoms with van der Waals surface area (Å²) in [6.45, 7) is 7.08. The van der Waals surface area contributed by atoms with Crippen molar-refractivity contribution in [3.8, 4) is 0 Å². The fourth-order valence-electron chi connectivity index (χ4n) is 1.35. The second-order valence-electron chi connectivity index (χ2n) is 3.64. The van der Waals surface area contributed by atoms with Gasteiger partial charge in [0.15, 0.2) is 0 Å². The molecule has 0 aromatic carbocycles. The standard InChI is InChI=1S/C12H17NO/c1-4-13-7-5-6-12(13)8-11(9-14)10(2)3/h5-10H,4H2,1-3H3. The molecule has 76 valence electrons. The number of aldehydes is 1. The smallest absolute Gasteiger partial charge is 0.146 e. The average molecular weight is 191 g/mol. The summed E-state index contributed by atoms with van der Waals surface area (Å²) in [5, 5.41) is 0. The van der Waals surface area contributed by atoms with E-state index in [9.17, 15) is 4.79 Å². The maximum atomic E-state index is 10.8. The minimum absolute atomic E-state index is 0.285. The van der Waals surface area contributed by atoms with Crippen molar-refractivity contribution in [3.63, 3.8) is 0 Å². The van der Waals surface area contributed by atoms with Gasteiger partial charge in [-0.15, -0.1) is 0 Å². The zero-order valence-electron chi connectivity index (χ0n) is 9.03.